The van der Waals surface area contributed by atoms with E-state index in [2.05, 4.69) is 25.9 Å². The van der Waals surface area contributed by atoms with Gasteiger partial charge < -0.3 is 5.43 Å². The van der Waals surface area contributed by atoms with Crippen molar-refractivity contribution in [1.82, 2.24) is 10.2 Å². The van der Waals surface area contributed by atoms with E-state index in [1.165, 1.54) is 0 Å². The third kappa shape index (κ3) is 0.775. The lowest BCUT2D eigenvalue weighted by Gasteiger charge is -2.02. The molecule has 0 unspecified atom stereocenters. The number of hydrazine groups is 1. The lowest BCUT2D eigenvalue weighted by atomic mass is 10.1. The zero-order chi connectivity index (χ0) is 9.54. The lowest BCUT2D eigenvalue weighted by molar-refractivity contribution is 1.02. The molecule has 0 saturated carbocycles. The summed E-state index contributed by atoms with van der Waals surface area (Å²) in [5.41, 5.74) is 3.30. The van der Waals surface area contributed by atoms with Crippen molar-refractivity contribution in [2.45, 2.75) is 0 Å². The summed E-state index contributed by atoms with van der Waals surface area (Å²) in [6, 6.07) is 5.67. The Labute approximate surface area is 78.8 Å². The van der Waals surface area contributed by atoms with E-state index in [0.29, 0.717) is 11.6 Å². The van der Waals surface area contributed by atoms with Gasteiger partial charge in [-0.05, 0) is 6.07 Å². The number of aromatic nitrogens is 2. The van der Waals surface area contributed by atoms with Crippen LogP contribution in [0.2, 0.25) is 0 Å². The number of nitrogens with one attached hydrogen (secondary N) is 1. The predicted octanol–water partition coefficient (Wildman–Crippen LogP) is 1.64. The van der Waals surface area contributed by atoms with Crippen LogP contribution in [0.3, 0.4) is 0 Å². The maximum atomic E-state index is 5.32. The Bertz CT molecular complexity index is 535. The molecule has 0 amide bonds. The molecule has 68 valence electrons. The number of anilines is 1. The van der Waals surface area contributed by atoms with E-state index in [4.69, 9.17) is 5.84 Å². The maximum Gasteiger partial charge on any atom is 0.206 e. The topological polar surface area (TPSA) is 88.5 Å². The van der Waals surface area contributed by atoms with Crippen molar-refractivity contribution >= 4 is 28.1 Å². The molecular formula is C8H6N6. The van der Waals surface area contributed by atoms with Crippen molar-refractivity contribution in [3.63, 3.8) is 0 Å². The van der Waals surface area contributed by atoms with E-state index < -0.39 is 0 Å². The van der Waals surface area contributed by atoms with E-state index >= 15 is 0 Å². The van der Waals surface area contributed by atoms with Crippen molar-refractivity contribution in [3.05, 3.63) is 18.2 Å². The molecule has 0 fully saturated rings. The van der Waals surface area contributed by atoms with Gasteiger partial charge in [0.15, 0.2) is 5.82 Å². The molecule has 1 aromatic carbocycles. The number of rotatable bonds is 1. The number of hydrogen-bond donors (Lipinski definition) is 2. The van der Waals surface area contributed by atoms with Crippen LogP contribution < -0.4 is 11.3 Å². The van der Waals surface area contributed by atoms with Crippen LogP contribution in [0.25, 0.3) is 10.8 Å². The van der Waals surface area contributed by atoms with Gasteiger partial charge in [0.05, 0.1) is 11.1 Å². The third-order valence-corrected chi connectivity index (χ3v) is 2.16. The molecule has 6 heteroatoms. The quantitative estimate of drug-likeness (QED) is 0.446. The van der Waals surface area contributed by atoms with Gasteiger partial charge in [0.25, 0.3) is 0 Å². The summed E-state index contributed by atoms with van der Waals surface area (Å²) in [4.78, 5) is 0. The summed E-state index contributed by atoms with van der Waals surface area (Å²) >= 11 is 0. The molecular weight excluding hydrogens is 180 g/mol. The summed E-state index contributed by atoms with van der Waals surface area (Å²) in [7, 11) is 0. The highest BCUT2D eigenvalue weighted by Gasteiger charge is 2.15. The van der Waals surface area contributed by atoms with Gasteiger partial charge in [-0.1, -0.05) is 12.1 Å². The van der Waals surface area contributed by atoms with Gasteiger partial charge in [0.1, 0.15) is 0 Å². The summed E-state index contributed by atoms with van der Waals surface area (Å²) in [6.45, 7) is 0. The molecule has 3 rings (SSSR count). The molecule has 0 radical (unpaired) electrons. The van der Waals surface area contributed by atoms with Crippen molar-refractivity contribution in [2.24, 2.45) is 16.1 Å². The molecule has 2 heterocycles. The molecule has 1 aliphatic heterocycles. The minimum atomic E-state index is 0.540. The third-order valence-electron chi connectivity index (χ3n) is 2.16. The first kappa shape index (κ1) is 7.34. The van der Waals surface area contributed by atoms with Crippen molar-refractivity contribution in [2.75, 3.05) is 5.43 Å². The van der Waals surface area contributed by atoms with E-state index in [1.54, 1.807) is 0 Å². The molecule has 1 aromatic heterocycles. The molecule has 0 aliphatic carbocycles. The predicted molar refractivity (Wildman–Crippen MR) is 51.5 cm³/mol. The summed E-state index contributed by atoms with van der Waals surface area (Å²) < 4.78 is 0. The fraction of sp³-hybridized carbons (Fsp3) is 0. The Morgan fingerprint density at radius 1 is 1.14 bits per heavy atom. The average molecular weight is 186 g/mol. The summed E-state index contributed by atoms with van der Waals surface area (Å²) in [6.07, 6.45) is 0. The molecule has 6 nitrogen and oxygen atoms in total. The standard InChI is InChI=1S/C8H6N6/c9-10-7-4-2-1-3-5-6(4)8(13-11-5)14-12-7/h1-3H,9H2,(H,10,12). The highest BCUT2D eigenvalue weighted by atomic mass is 15.3. The van der Waals surface area contributed by atoms with Crippen LogP contribution in [0.5, 0.6) is 0 Å². The monoisotopic (exact) mass is 186 g/mol. The summed E-state index contributed by atoms with van der Waals surface area (Å²) in [5.74, 6) is 6.41. The van der Waals surface area contributed by atoms with Crippen molar-refractivity contribution < 1.29 is 0 Å². The number of hydrogen-bond acceptors (Lipinski definition) is 6. The van der Waals surface area contributed by atoms with Crippen LogP contribution in [-0.4, -0.2) is 10.2 Å². The van der Waals surface area contributed by atoms with E-state index in [-0.39, 0.29) is 0 Å². The van der Waals surface area contributed by atoms with Gasteiger partial charge in [-0.25, -0.2) is 5.84 Å². The average Bonchev–Trinajstić information content (AvgIpc) is 2.65. The largest absolute Gasteiger partial charge is 0.306 e. The first-order valence-electron chi connectivity index (χ1n) is 4.08. The minimum Gasteiger partial charge on any atom is -0.306 e. The van der Waals surface area contributed by atoms with Gasteiger partial charge in [-0.15, -0.1) is 20.4 Å². The molecule has 0 atom stereocenters. The number of nitrogens with zero attached hydrogens (tertiary/aromatic N) is 4. The zero-order valence-corrected chi connectivity index (χ0v) is 7.10. The summed E-state index contributed by atoms with van der Waals surface area (Å²) in [5, 5.41) is 17.4. The van der Waals surface area contributed by atoms with Gasteiger partial charge >= 0.3 is 0 Å². The first-order chi connectivity index (χ1) is 6.90. The minimum absolute atomic E-state index is 0.540. The van der Waals surface area contributed by atoms with Crippen LogP contribution in [0, 0.1) is 0 Å². The van der Waals surface area contributed by atoms with E-state index in [9.17, 15) is 0 Å². The highest BCUT2D eigenvalue weighted by molar-refractivity contribution is 6.05. The fourth-order valence-corrected chi connectivity index (χ4v) is 1.53. The van der Waals surface area contributed by atoms with Crippen LogP contribution >= 0.6 is 0 Å². The zero-order valence-electron chi connectivity index (χ0n) is 7.10. The van der Waals surface area contributed by atoms with Crippen molar-refractivity contribution in [3.8, 4) is 0 Å². The van der Waals surface area contributed by atoms with Gasteiger partial charge in [-0.3, -0.25) is 0 Å². The molecule has 3 N–H and O–H groups in total. The normalized spacial score (nSPS) is 12.4. The van der Waals surface area contributed by atoms with Crippen LogP contribution in [0.4, 0.5) is 17.3 Å². The number of benzene rings is 1. The molecule has 0 spiro atoms. The van der Waals surface area contributed by atoms with Gasteiger partial charge in [0.2, 0.25) is 5.82 Å². The number of nitrogens with two attached hydrogens (primary N) is 1. The van der Waals surface area contributed by atoms with Gasteiger partial charge in [-0.2, -0.15) is 0 Å². The van der Waals surface area contributed by atoms with Gasteiger partial charge in [0, 0.05) is 5.39 Å². The lowest BCUT2D eigenvalue weighted by Crippen LogP contribution is -2.09. The SMILES string of the molecule is NNc1nnc2c3c(cccc13)N=N2. The molecule has 14 heavy (non-hydrogen) atoms. The van der Waals surface area contributed by atoms with E-state index in [0.717, 1.165) is 16.5 Å². The smallest absolute Gasteiger partial charge is 0.206 e. The first-order valence-corrected chi connectivity index (χ1v) is 4.08. The highest BCUT2D eigenvalue weighted by Crippen LogP contribution is 2.40. The molecule has 0 bridgehead atoms. The van der Waals surface area contributed by atoms with Crippen LogP contribution in [0.1, 0.15) is 0 Å². The van der Waals surface area contributed by atoms with Crippen LogP contribution in [0.15, 0.2) is 28.4 Å². The molecule has 1 aliphatic rings. The molecule has 2 aromatic rings. The number of nitrogen functional groups attached to an aromatic ring is 1. The Kier molecular flexibility index (Phi) is 1.29. The Morgan fingerprint density at radius 3 is 2.93 bits per heavy atom. The second-order valence-corrected chi connectivity index (χ2v) is 2.92. The maximum absolute atomic E-state index is 5.32. The number of azo groups is 1. The Morgan fingerprint density at radius 2 is 2.07 bits per heavy atom. The van der Waals surface area contributed by atoms with Crippen LogP contribution in [-0.2, 0) is 0 Å². The Hall–Kier alpha value is -2.08. The van der Waals surface area contributed by atoms with Crippen molar-refractivity contribution in [1.29, 1.82) is 0 Å². The Balaban J connectivity index is 2.51. The van der Waals surface area contributed by atoms with E-state index in [1.807, 2.05) is 18.2 Å². The fourth-order valence-electron chi connectivity index (χ4n) is 1.53. The second kappa shape index (κ2) is 2.46. The molecule has 0 saturated heterocycles. The second-order valence-electron chi connectivity index (χ2n) is 2.92.